The number of nitrogens with zero attached hydrogens (tertiary/aromatic N) is 1. The van der Waals surface area contributed by atoms with E-state index in [-0.39, 0.29) is 12.5 Å². The lowest BCUT2D eigenvalue weighted by Gasteiger charge is -2.15. The van der Waals surface area contributed by atoms with Crippen LogP contribution in [0.2, 0.25) is 0 Å². The van der Waals surface area contributed by atoms with Crippen molar-refractivity contribution in [1.82, 2.24) is 10.3 Å². The highest BCUT2D eigenvalue weighted by atomic mass is 32.1. The standard InChI is InChI=1S/C22H24N2O5S/c1-14-24-16(13-30-14)12-29-18-8-6-5-7-17(18)22(25)23-11-15-9-20(27-3)21(28-4)10-19(15)26-2/h5-10,13H,11-12H2,1-4H3,(H,23,25). The van der Waals surface area contributed by atoms with Crippen molar-refractivity contribution in [3.05, 3.63) is 63.6 Å². The second-order valence-corrected chi connectivity index (χ2v) is 7.41. The molecule has 0 bridgehead atoms. The number of aryl methyl sites for hydroxylation is 1. The number of ether oxygens (including phenoxy) is 4. The fraction of sp³-hybridized carbons (Fsp3) is 0.273. The molecule has 0 radical (unpaired) electrons. The molecule has 0 saturated carbocycles. The summed E-state index contributed by atoms with van der Waals surface area (Å²) in [6.07, 6.45) is 0. The fourth-order valence-electron chi connectivity index (χ4n) is 2.91. The lowest BCUT2D eigenvalue weighted by atomic mass is 10.1. The molecular formula is C22H24N2O5S. The first-order valence-electron chi connectivity index (χ1n) is 9.25. The first kappa shape index (κ1) is 21.4. The second kappa shape index (κ2) is 9.98. The van der Waals surface area contributed by atoms with Crippen LogP contribution >= 0.6 is 11.3 Å². The molecule has 0 saturated heterocycles. The van der Waals surface area contributed by atoms with E-state index in [1.807, 2.05) is 18.4 Å². The molecule has 0 spiro atoms. The number of hydrogen-bond acceptors (Lipinski definition) is 7. The zero-order chi connectivity index (χ0) is 21.5. The van der Waals surface area contributed by atoms with Crippen molar-refractivity contribution in [1.29, 1.82) is 0 Å². The molecule has 1 amide bonds. The molecule has 8 heteroatoms. The molecule has 0 aliphatic heterocycles. The van der Waals surface area contributed by atoms with Gasteiger partial charge in [0.1, 0.15) is 18.1 Å². The van der Waals surface area contributed by atoms with Crippen molar-refractivity contribution in [3.8, 4) is 23.0 Å². The summed E-state index contributed by atoms with van der Waals surface area (Å²) < 4.78 is 21.9. The summed E-state index contributed by atoms with van der Waals surface area (Å²) in [5.41, 5.74) is 2.05. The molecule has 0 aliphatic rings. The van der Waals surface area contributed by atoms with E-state index in [4.69, 9.17) is 18.9 Å². The quantitative estimate of drug-likeness (QED) is 0.555. The third kappa shape index (κ3) is 5.01. The van der Waals surface area contributed by atoms with Crippen LogP contribution in [0.15, 0.2) is 41.8 Å². The Bertz CT molecular complexity index is 1020. The molecule has 0 fully saturated rings. The normalized spacial score (nSPS) is 10.4. The molecular weight excluding hydrogens is 404 g/mol. The molecule has 1 aromatic heterocycles. The number of nitrogens with one attached hydrogen (secondary N) is 1. The number of amides is 1. The first-order chi connectivity index (χ1) is 14.5. The van der Waals surface area contributed by atoms with Gasteiger partial charge in [-0.2, -0.15) is 0 Å². The van der Waals surface area contributed by atoms with Crippen molar-refractivity contribution in [2.45, 2.75) is 20.1 Å². The predicted molar refractivity (Wildman–Crippen MR) is 115 cm³/mol. The van der Waals surface area contributed by atoms with Crippen molar-refractivity contribution in [3.63, 3.8) is 0 Å². The molecule has 3 rings (SSSR count). The van der Waals surface area contributed by atoms with Crippen LogP contribution in [0.1, 0.15) is 26.6 Å². The number of benzene rings is 2. The largest absolute Gasteiger partial charge is 0.496 e. The molecule has 2 aromatic carbocycles. The number of aromatic nitrogens is 1. The Kier molecular flexibility index (Phi) is 7.13. The number of para-hydroxylation sites is 1. The summed E-state index contributed by atoms with van der Waals surface area (Å²) in [5, 5.41) is 5.83. The van der Waals surface area contributed by atoms with E-state index in [2.05, 4.69) is 10.3 Å². The van der Waals surface area contributed by atoms with Crippen LogP contribution in [0.5, 0.6) is 23.0 Å². The zero-order valence-electron chi connectivity index (χ0n) is 17.4. The number of carbonyl (C=O) groups excluding carboxylic acids is 1. The van der Waals surface area contributed by atoms with Crippen molar-refractivity contribution in [2.75, 3.05) is 21.3 Å². The van der Waals surface area contributed by atoms with E-state index >= 15 is 0 Å². The van der Waals surface area contributed by atoms with Crippen LogP contribution in [-0.2, 0) is 13.2 Å². The highest BCUT2D eigenvalue weighted by Crippen LogP contribution is 2.34. The van der Waals surface area contributed by atoms with Crippen LogP contribution in [-0.4, -0.2) is 32.2 Å². The summed E-state index contributed by atoms with van der Waals surface area (Å²) in [4.78, 5) is 17.2. The van der Waals surface area contributed by atoms with E-state index in [9.17, 15) is 4.79 Å². The second-order valence-electron chi connectivity index (χ2n) is 6.34. The average molecular weight is 429 g/mol. The van der Waals surface area contributed by atoms with Gasteiger partial charge in [0, 0.05) is 23.6 Å². The minimum atomic E-state index is -0.253. The lowest BCUT2D eigenvalue weighted by molar-refractivity contribution is 0.0946. The summed E-state index contributed by atoms with van der Waals surface area (Å²) in [5.74, 6) is 1.96. The van der Waals surface area contributed by atoms with Gasteiger partial charge in [-0.15, -0.1) is 11.3 Å². The Labute approximate surface area is 179 Å². The van der Waals surface area contributed by atoms with Gasteiger partial charge in [-0.05, 0) is 25.1 Å². The summed E-state index contributed by atoms with van der Waals surface area (Å²) in [6, 6.07) is 10.6. The molecule has 3 aromatic rings. The van der Waals surface area contributed by atoms with Crippen molar-refractivity contribution < 1.29 is 23.7 Å². The Morgan fingerprint density at radius 3 is 2.37 bits per heavy atom. The monoisotopic (exact) mass is 428 g/mol. The van der Waals surface area contributed by atoms with Gasteiger partial charge in [-0.1, -0.05) is 12.1 Å². The summed E-state index contributed by atoms with van der Waals surface area (Å²) in [7, 11) is 4.68. The lowest BCUT2D eigenvalue weighted by Crippen LogP contribution is -2.23. The third-order valence-electron chi connectivity index (χ3n) is 4.40. The topological polar surface area (TPSA) is 78.9 Å². The SMILES string of the molecule is COc1cc(OC)c(OC)cc1CNC(=O)c1ccccc1OCc1csc(C)n1. The van der Waals surface area contributed by atoms with Gasteiger partial charge in [0.15, 0.2) is 11.5 Å². The molecule has 0 unspecified atom stereocenters. The number of carbonyl (C=O) groups is 1. The van der Waals surface area contributed by atoms with Crippen LogP contribution in [0.3, 0.4) is 0 Å². The number of rotatable bonds is 9. The molecule has 0 atom stereocenters. The number of hydrogen-bond donors (Lipinski definition) is 1. The van der Waals surface area contributed by atoms with Crippen LogP contribution in [0.4, 0.5) is 0 Å². The van der Waals surface area contributed by atoms with Crippen LogP contribution < -0.4 is 24.3 Å². The van der Waals surface area contributed by atoms with E-state index < -0.39 is 0 Å². The Morgan fingerprint density at radius 2 is 1.70 bits per heavy atom. The molecule has 158 valence electrons. The highest BCUT2D eigenvalue weighted by molar-refractivity contribution is 7.09. The third-order valence-corrected chi connectivity index (χ3v) is 5.22. The molecule has 0 aliphatic carbocycles. The zero-order valence-corrected chi connectivity index (χ0v) is 18.2. The predicted octanol–water partition coefficient (Wildman–Crippen LogP) is 3.99. The molecule has 1 N–H and O–H groups in total. The number of methoxy groups -OCH3 is 3. The molecule has 30 heavy (non-hydrogen) atoms. The minimum absolute atomic E-state index is 0.252. The van der Waals surface area contributed by atoms with E-state index in [0.29, 0.717) is 35.2 Å². The maximum absolute atomic E-state index is 12.8. The van der Waals surface area contributed by atoms with E-state index in [1.165, 1.54) is 0 Å². The molecule has 7 nitrogen and oxygen atoms in total. The van der Waals surface area contributed by atoms with Gasteiger partial charge < -0.3 is 24.3 Å². The summed E-state index contributed by atoms with van der Waals surface area (Å²) in [6.45, 7) is 2.50. The van der Waals surface area contributed by atoms with Gasteiger partial charge in [-0.3, -0.25) is 4.79 Å². The fourth-order valence-corrected chi connectivity index (χ4v) is 3.50. The minimum Gasteiger partial charge on any atom is -0.496 e. The van der Waals surface area contributed by atoms with Crippen molar-refractivity contribution >= 4 is 17.2 Å². The smallest absolute Gasteiger partial charge is 0.255 e. The number of thiazole rings is 1. The Balaban J connectivity index is 1.72. The molecule has 1 heterocycles. The Morgan fingerprint density at radius 1 is 1.00 bits per heavy atom. The van der Waals surface area contributed by atoms with Gasteiger partial charge in [-0.25, -0.2) is 4.98 Å². The Hall–Kier alpha value is -3.26. The van der Waals surface area contributed by atoms with Gasteiger partial charge >= 0.3 is 0 Å². The highest BCUT2D eigenvalue weighted by Gasteiger charge is 2.16. The average Bonchev–Trinajstić information content (AvgIpc) is 3.20. The van der Waals surface area contributed by atoms with E-state index in [0.717, 1.165) is 16.3 Å². The first-order valence-corrected chi connectivity index (χ1v) is 10.1. The van der Waals surface area contributed by atoms with Gasteiger partial charge in [0.05, 0.1) is 37.6 Å². The van der Waals surface area contributed by atoms with E-state index in [1.54, 1.807) is 63.0 Å². The van der Waals surface area contributed by atoms with Crippen LogP contribution in [0, 0.1) is 6.92 Å². The van der Waals surface area contributed by atoms with Crippen LogP contribution in [0.25, 0.3) is 0 Å². The van der Waals surface area contributed by atoms with Crippen molar-refractivity contribution in [2.24, 2.45) is 0 Å². The summed E-state index contributed by atoms with van der Waals surface area (Å²) >= 11 is 1.56. The van der Waals surface area contributed by atoms with Gasteiger partial charge in [0.2, 0.25) is 0 Å². The maximum Gasteiger partial charge on any atom is 0.255 e. The maximum atomic E-state index is 12.8. The van der Waals surface area contributed by atoms with Gasteiger partial charge in [0.25, 0.3) is 5.91 Å².